The van der Waals surface area contributed by atoms with Crippen molar-refractivity contribution in [3.8, 4) is 16.9 Å². The molecule has 0 saturated carbocycles. The van der Waals surface area contributed by atoms with Crippen molar-refractivity contribution in [3.05, 3.63) is 58.4 Å². The normalized spacial score (nSPS) is 19.6. The number of halogens is 3. The van der Waals surface area contributed by atoms with Crippen LogP contribution in [0.4, 0.5) is 14.6 Å². The lowest BCUT2D eigenvalue weighted by molar-refractivity contribution is -0.151. The number of rotatable bonds is 4. The van der Waals surface area contributed by atoms with Crippen LogP contribution in [0.25, 0.3) is 32.8 Å². The van der Waals surface area contributed by atoms with Gasteiger partial charge in [0, 0.05) is 36.4 Å². The summed E-state index contributed by atoms with van der Waals surface area (Å²) in [6.45, 7) is 8.03. The summed E-state index contributed by atoms with van der Waals surface area (Å²) in [6.07, 6.45) is 3.36. The molecule has 0 amide bonds. The number of aromatic nitrogens is 2. The second-order valence-corrected chi connectivity index (χ2v) is 11.2. The maximum atomic E-state index is 16.6. The third-order valence-corrected chi connectivity index (χ3v) is 8.28. The fraction of sp³-hybridized carbons (Fsp3) is 0.400. The van der Waals surface area contributed by atoms with E-state index in [0.717, 1.165) is 32.4 Å². The molecule has 2 aliphatic heterocycles. The van der Waals surface area contributed by atoms with E-state index < -0.39 is 5.82 Å². The molecule has 3 aromatic carbocycles. The number of aryl methyl sites for hydroxylation is 1. The van der Waals surface area contributed by atoms with Crippen LogP contribution in [-0.4, -0.2) is 40.4 Å². The van der Waals surface area contributed by atoms with E-state index in [1.165, 1.54) is 12.1 Å². The van der Waals surface area contributed by atoms with Gasteiger partial charge in [-0.3, -0.25) is 0 Å². The highest BCUT2D eigenvalue weighted by molar-refractivity contribution is 6.35. The third kappa shape index (κ3) is 3.98. The van der Waals surface area contributed by atoms with Gasteiger partial charge in [0.05, 0.1) is 17.2 Å². The summed E-state index contributed by atoms with van der Waals surface area (Å²) in [5.41, 5.74) is 0.872. The Labute approximate surface area is 225 Å². The Morgan fingerprint density at radius 3 is 2.63 bits per heavy atom. The molecule has 2 saturated heterocycles. The minimum absolute atomic E-state index is 0.0298. The van der Waals surface area contributed by atoms with E-state index in [9.17, 15) is 9.50 Å². The maximum absolute atomic E-state index is 16.6. The van der Waals surface area contributed by atoms with Gasteiger partial charge in [0.1, 0.15) is 28.7 Å². The van der Waals surface area contributed by atoms with Gasteiger partial charge in [0.25, 0.3) is 0 Å². The summed E-state index contributed by atoms with van der Waals surface area (Å²) in [5, 5.41) is 12.3. The molecule has 38 heavy (non-hydrogen) atoms. The van der Waals surface area contributed by atoms with E-state index in [4.69, 9.17) is 21.3 Å². The Bertz CT molecular complexity index is 1590. The van der Waals surface area contributed by atoms with Gasteiger partial charge in [0.15, 0.2) is 5.82 Å². The number of anilines is 1. The first-order valence-corrected chi connectivity index (χ1v) is 13.6. The van der Waals surface area contributed by atoms with Crippen LogP contribution in [0.15, 0.2) is 30.3 Å². The average Bonchev–Trinajstić information content (AvgIpc) is 2.87. The van der Waals surface area contributed by atoms with Gasteiger partial charge >= 0.3 is 0 Å². The Balaban J connectivity index is 1.62. The molecule has 6 rings (SSSR count). The summed E-state index contributed by atoms with van der Waals surface area (Å²) in [6, 6.07) is 7.67. The predicted molar refractivity (Wildman–Crippen MR) is 147 cm³/mol. The van der Waals surface area contributed by atoms with Crippen molar-refractivity contribution in [2.75, 3.05) is 24.6 Å². The average molecular weight is 538 g/mol. The van der Waals surface area contributed by atoms with Crippen molar-refractivity contribution >= 4 is 39.1 Å². The highest BCUT2D eigenvalue weighted by Crippen LogP contribution is 2.45. The Morgan fingerprint density at radius 1 is 1.16 bits per heavy atom. The molecule has 5 nitrogen and oxygen atoms in total. The van der Waals surface area contributed by atoms with Crippen molar-refractivity contribution in [3.63, 3.8) is 0 Å². The molecular formula is C30H30ClF2N3O2. The summed E-state index contributed by atoms with van der Waals surface area (Å²) in [7, 11) is 0. The number of ether oxygens (including phenoxy) is 1. The van der Waals surface area contributed by atoms with Gasteiger partial charge in [-0.15, -0.1) is 0 Å². The monoisotopic (exact) mass is 537 g/mol. The van der Waals surface area contributed by atoms with Crippen LogP contribution in [0.3, 0.4) is 0 Å². The molecule has 1 N–H and O–H groups in total. The Kier molecular flexibility index (Phi) is 6.19. The number of fused-ring (bicyclic) bond motifs is 2. The van der Waals surface area contributed by atoms with Crippen LogP contribution in [0, 0.1) is 11.6 Å². The highest BCUT2D eigenvalue weighted by Gasteiger charge is 2.43. The fourth-order valence-electron chi connectivity index (χ4n) is 5.98. The fourth-order valence-corrected chi connectivity index (χ4v) is 6.27. The number of piperidine rings is 1. The second kappa shape index (κ2) is 9.31. The van der Waals surface area contributed by atoms with Crippen molar-refractivity contribution in [1.29, 1.82) is 0 Å². The minimum atomic E-state index is -0.608. The van der Waals surface area contributed by atoms with Gasteiger partial charge in [0.2, 0.25) is 0 Å². The first kappa shape index (κ1) is 25.3. The summed E-state index contributed by atoms with van der Waals surface area (Å²) in [5.74, 6) is 0.118. The van der Waals surface area contributed by atoms with Crippen LogP contribution in [0.5, 0.6) is 5.75 Å². The minimum Gasteiger partial charge on any atom is -0.508 e. The predicted octanol–water partition coefficient (Wildman–Crippen LogP) is 7.53. The topological polar surface area (TPSA) is 58.5 Å². The summed E-state index contributed by atoms with van der Waals surface area (Å²) in [4.78, 5) is 11.7. The van der Waals surface area contributed by atoms with E-state index in [1.54, 1.807) is 18.2 Å². The van der Waals surface area contributed by atoms with E-state index >= 15 is 4.39 Å². The van der Waals surface area contributed by atoms with Gasteiger partial charge < -0.3 is 14.7 Å². The van der Waals surface area contributed by atoms with Gasteiger partial charge in [-0.2, -0.15) is 0 Å². The highest BCUT2D eigenvalue weighted by atomic mass is 35.5. The van der Waals surface area contributed by atoms with Crippen molar-refractivity contribution < 1.29 is 18.6 Å². The largest absolute Gasteiger partial charge is 0.508 e. The number of hydrogen-bond donors (Lipinski definition) is 1. The molecule has 0 aliphatic carbocycles. The molecule has 1 unspecified atom stereocenters. The van der Waals surface area contributed by atoms with Crippen LogP contribution in [0.1, 0.15) is 57.3 Å². The quantitative estimate of drug-likeness (QED) is 0.291. The van der Waals surface area contributed by atoms with Crippen molar-refractivity contribution in [1.82, 2.24) is 9.97 Å². The van der Waals surface area contributed by atoms with E-state index in [0.29, 0.717) is 51.9 Å². The Morgan fingerprint density at radius 2 is 1.95 bits per heavy atom. The van der Waals surface area contributed by atoms with Gasteiger partial charge in [-0.05, 0) is 65.4 Å². The van der Waals surface area contributed by atoms with Gasteiger partial charge in [-0.25, -0.2) is 18.7 Å². The third-order valence-electron chi connectivity index (χ3n) is 7.98. The van der Waals surface area contributed by atoms with Crippen LogP contribution >= 0.6 is 11.6 Å². The summed E-state index contributed by atoms with van der Waals surface area (Å²) >= 11 is 6.82. The van der Waals surface area contributed by atoms with Crippen LogP contribution < -0.4 is 4.90 Å². The zero-order valence-electron chi connectivity index (χ0n) is 21.7. The second-order valence-electron chi connectivity index (χ2n) is 10.8. The van der Waals surface area contributed by atoms with E-state index in [-0.39, 0.29) is 39.2 Å². The number of phenolic OH excluding ortho intramolecular Hbond substituents is 1. The Hall–Kier alpha value is -3.03. The SMILES string of the molecule is CCc1c(F)ccc2cc(O)cc(-c3c(Cl)cc4c(N5CCCC6(CCO6)C5)nc(C(C)C)nc4c3F)c12. The zero-order chi connectivity index (χ0) is 26.8. The molecule has 0 bridgehead atoms. The van der Waals surface area contributed by atoms with E-state index in [2.05, 4.69) is 9.88 Å². The van der Waals surface area contributed by atoms with Crippen LogP contribution in [0.2, 0.25) is 5.02 Å². The summed E-state index contributed by atoms with van der Waals surface area (Å²) < 4.78 is 37.4. The number of nitrogens with zero attached hydrogens (tertiary/aromatic N) is 3. The number of phenols is 1. The molecule has 3 heterocycles. The van der Waals surface area contributed by atoms with Crippen molar-refractivity contribution in [2.24, 2.45) is 0 Å². The molecular weight excluding hydrogens is 508 g/mol. The van der Waals surface area contributed by atoms with Gasteiger partial charge in [-0.1, -0.05) is 38.4 Å². The molecule has 1 atom stereocenters. The van der Waals surface area contributed by atoms with Crippen LogP contribution in [-0.2, 0) is 11.2 Å². The molecule has 1 spiro atoms. The smallest absolute Gasteiger partial charge is 0.158 e. The number of benzene rings is 3. The molecule has 1 aromatic heterocycles. The lowest BCUT2D eigenvalue weighted by Gasteiger charge is -2.49. The zero-order valence-corrected chi connectivity index (χ0v) is 22.5. The number of aromatic hydroxyl groups is 1. The molecule has 0 radical (unpaired) electrons. The van der Waals surface area contributed by atoms with Crippen molar-refractivity contribution in [2.45, 2.75) is 58.0 Å². The first-order valence-electron chi connectivity index (χ1n) is 13.2. The number of hydrogen-bond acceptors (Lipinski definition) is 5. The lowest BCUT2D eigenvalue weighted by Crippen LogP contribution is -2.56. The molecule has 2 aliphatic rings. The molecule has 198 valence electrons. The maximum Gasteiger partial charge on any atom is 0.158 e. The molecule has 4 aromatic rings. The molecule has 2 fully saturated rings. The molecule has 8 heteroatoms. The van der Waals surface area contributed by atoms with E-state index in [1.807, 2.05) is 20.8 Å². The first-order chi connectivity index (χ1) is 18.2. The lowest BCUT2D eigenvalue weighted by atomic mass is 9.85. The standard InChI is InChI=1S/C30H30ClF2N3O2/c1-4-19-23(32)7-6-17-12-18(37)13-20(24(17)19)25-22(31)14-21-27(26(25)33)34-28(16(2)3)35-29(21)36-10-5-8-30(15-36)9-11-38-30/h6-7,12-14,16,37H,4-5,8-11,15H2,1-3H3.